The van der Waals surface area contributed by atoms with Crippen LogP contribution < -0.4 is 0 Å². The quantitative estimate of drug-likeness (QED) is 0.0262. The molecule has 0 spiro atoms. The van der Waals surface area contributed by atoms with Gasteiger partial charge in [-0.15, -0.1) is 0 Å². The largest absolute Gasteiger partial charge is 0.462 e. The highest BCUT2D eigenvalue weighted by Gasteiger charge is 2.19. The minimum Gasteiger partial charge on any atom is -0.462 e. The molecular weight excluding hydrogens is 865 g/mol. The Kier molecular flexibility index (Phi) is 54.9. The molecule has 0 heterocycles. The molecule has 0 aliphatic rings. The zero-order valence-electron chi connectivity index (χ0n) is 45.8. The molecule has 0 aromatic heterocycles. The minimum absolute atomic E-state index is 0.0973. The van der Waals surface area contributed by atoms with Crippen molar-refractivity contribution in [3.8, 4) is 0 Å². The van der Waals surface area contributed by atoms with Gasteiger partial charge in [0.25, 0.3) is 0 Å². The number of unbranched alkanes of at least 4 members (excludes halogenated alkanes) is 25. The van der Waals surface area contributed by atoms with E-state index in [2.05, 4.69) is 118 Å². The van der Waals surface area contributed by atoms with E-state index in [0.29, 0.717) is 19.3 Å². The molecule has 0 aromatic carbocycles. The van der Waals surface area contributed by atoms with Gasteiger partial charge in [0.15, 0.2) is 6.10 Å². The number of rotatable bonds is 52. The predicted octanol–water partition coefficient (Wildman–Crippen LogP) is 19.7. The van der Waals surface area contributed by atoms with Gasteiger partial charge < -0.3 is 14.2 Å². The van der Waals surface area contributed by atoms with E-state index in [4.69, 9.17) is 14.2 Å². The first-order chi connectivity index (χ1) is 34.5. The SMILES string of the molecule is CCCC/C=C/C/C=C/CCCCCCCC(=O)OC[C@H](COC(=O)CCCCC/C=C/C/C=C/C/C=C/C/C=C/CCCCC)OC(=O)CCCCCCCCCCC/C=C/C/C=C/CCCCC. The first kappa shape index (κ1) is 66.3. The highest BCUT2D eigenvalue weighted by Crippen LogP contribution is 2.14. The van der Waals surface area contributed by atoms with Gasteiger partial charge in [-0.05, 0) is 122 Å². The molecule has 0 unspecified atom stereocenters. The molecule has 400 valence electrons. The summed E-state index contributed by atoms with van der Waals surface area (Å²) in [6, 6.07) is 0. The number of hydrogen-bond acceptors (Lipinski definition) is 6. The lowest BCUT2D eigenvalue weighted by atomic mass is 10.1. The fourth-order valence-corrected chi connectivity index (χ4v) is 7.82. The van der Waals surface area contributed by atoms with E-state index in [-0.39, 0.29) is 31.1 Å². The summed E-state index contributed by atoms with van der Waals surface area (Å²) in [5, 5.41) is 0. The van der Waals surface area contributed by atoms with Gasteiger partial charge in [0.1, 0.15) is 13.2 Å². The second kappa shape index (κ2) is 57.9. The Hall–Kier alpha value is -3.67. The fourth-order valence-electron chi connectivity index (χ4n) is 7.82. The second-order valence-corrected chi connectivity index (χ2v) is 19.2. The van der Waals surface area contributed by atoms with Crippen LogP contribution in [0.15, 0.2) is 97.2 Å². The average Bonchev–Trinajstić information content (AvgIpc) is 3.36. The van der Waals surface area contributed by atoms with Crippen molar-refractivity contribution in [3.05, 3.63) is 97.2 Å². The Morgan fingerprint density at radius 1 is 0.286 bits per heavy atom. The minimum atomic E-state index is -0.801. The Morgan fingerprint density at radius 3 is 0.857 bits per heavy atom. The Morgan fingerprint density at radius 2 is 0.529 bits per heavy atom. The van der Waals surface area contributed by atoms with E-state index in [0.717, 1.165) is 116 Å². The van der Waals surface area contributed by atoms with Gasteiger partial charge in [-0.25, -0.2) is 0 Å². The van der Waals surface area contributed by atoms with Crippen LogP contribution in [0.25, 0.3) is 0 Å². The summed E-state index contributed by atoms with van der Waals surface area (Å²) in [6.07, 6.45) is 76.7. The maximum Gasteiger partial charge on any atom is 0.306 e. The lowest BCUT2D eigenvalue weighted by molar-refractivity contribution is -0.167. The average molecular weight is 974 g/mol. The lowest BCUT2D eigenvalue weighted by Crippen LogP contribution is -2.30. The van der Waals surface area contributed by atoms with Crippen molar-refractivity contribution >= 4 is 17.9 Å². The molecule has 6 heteroatoms. The van der Waals surface area contributed by atoms with E-state index in [1.54, 1.807) is 0 Å². The van der Waals surface area contributed by atoms with Crippen molar-refractivity contribution in [3.63, 3.8) is 0 Å². The summed E-state index contributed by atoms with van der Waals surface area (Å²) in [7, 11) is 0. The van der Waals surface area contributed by atoms with Crippen molar-refractivity contribution < 1.29 is 28.6 Å². The predicted molar refractivity (Wildman–Crippen MR) is 302 cm³/mol. The molecule has 1 atom stereocenters. The molecule has 0 bridgehead atoms. The zero-order chi connectivity index (χ0) is 50.7. The number of carbonyl (C=O) groups excluding carboxylic acids is 3. The summed E-state index contributed by atoms with van der Waals surface area (Å²) >= 11 is 0. The molecule has 0 radical (unpaired) electrons. The monoisotopic (exact) mass is 973 g/mol. The normalized spacial score (nSPS) is 12.8. The van der Waals surface area contributed by atoms with E-state index in [9.17, 15) is 14.4 Å². The van der Waals surface area contributed by atoms with Gasteiger partial charge in [-0.3, -0.25) is 14.4 Å². The van der Waals surface area contributed by atoms with Crippen molar-refractivity contribution in [2.24, 2.45) is 0 Å². The van der Waals surface area contributed by atoms with E-state index in [1.165, 1.54) is 116 Å². The molecule has 0 saturated carbocycles. The van der Waals surface area contributed by atoms with Gasteiger partial charge in [-0.2, -0.15) is 0 Å². The molecule has 0 aromatic rings. The Labute approximate surface area is 432 Å². The third kappa shape index (κ3) is 55.3. The molecule has 70 heavy (non-hydrogen) atoms. The third-order valence-electron chi connectivity index (χ3n) is 12.3. The third-order valence-corrected chi connectivity index (χ3v) is 12.3. The molecule has 0 aliphatic heterocycles. The van der Waals surface area contributed by atoms with Gasteiger partial charge in [0, 0.05) is 19.3 Å². The molecule has 6 nitrogen and oxygen atoms in total. The van der Waals surface area contributed by atoms with Crippen LogP contribution in [-0.2, 0) is 28.6 Å². The van der Waals surface area contributed by atoms with E-state index >= 15 is 0 Å². The molecule has 0 saturated heterocycles. The van der Waals surface area contributed by atoms with Crippen LogP contribution in [0.3, 0.4) is 0 Å². The molecule has 0 N–H and O–H groups in total. The van der Waals surface area contributed by atoms with Gasteiger partial charge >= 0.3 is 17.9 Å². The summed E-state index contributed by atoms with van der Waals surface area (Å²) in [5.74, 6) is -0.942. The summed E-state index contributed by atoms with van der Waals surface area (Å²) in [6.45, 7) is 6.51. The summed E-state index contributed by atoms with van der Waals surface area (Å²) < 4.78 is 16.8. The molecule has 0 rings (SSSR count). The van der Waals surface area contributed by atoms with E-state index in [1.807, 2.05) is 0 Å². The number of hydrogen-bond donors (Lipinski definition) is 0. The van der Waals surface area contributed by atoms with E-state index < -0.39 is 6.10 Å². The summed E-state index contributed by atoms with van der Waals surface area (Å²) in [4.78, 5) is 38.2. The first-order valence-corrected chi connectivity index (χ1v) is 29.2. The molecule has 0 amide bonds. The lowest BCUT2D eigenvalue weighted by Gasteiger charge is -2.18. The standard InChI is InChI=1S/C64H108O6/c1-4-7-10-13-16-19-22-25-28-30-32-34-36-39-42-45-48-51-54-57-63(66)69-60-61(59-68-62(65)56-53-50-47-44-41-38-27-24-21-18-15-12-9-6-3)70-64(67)58-55-52-49-46-43-40-37-35-33-31-29-26-23-20-17-14-11-8-5-2/h15-20,24-29,32,34,39,42,61H,4-14,21-23,30-31,33,35-38,40-41,43-60H2,1-3H3/b18-15+,19-16+,20-17+,27-24+,28-25+,29-26+,34-32+,42-39+/t61-/m1/s1. The molecular formula is C64H108O6. The topological polar surface area (TPSA) is 78.9 Å². The van der Waals surface area contributed by atoms with Crippen molar-refractivity contribution in [1.82, 2.24) is 0 Å². The van der Waals surface area contributed by atoms with Crippen LogP contribution >= 0.6 is 0 Å². The molecule has 0 fully saturated rings. The Bertz CT molecular complexity index is 1400. The van der Waals surface area contributed by atoms with Gasteiger partial charge in [0.05, 0.1) is 0 Å². The van der Waals surface area contributed by atoms with Gasteiger partial charge in [0.2, 0.25) is 0 Å². The number of esters is 3. The maximum atomic E-state index is 12.9. The second-order valence-electron chi connectivity index (χ2n) is 19.2. The van der Waals surface area contributed by atoms with Crippen LogP contribution in [0.5, 0.6) is 0 Å². The van der Waals surface area contributed by atoms with Crippen molar-refractivity contribution in [2.75, 3.05) is 13.2 Å². The zero-order valence-corrected chi connectivity index (χ0v) is 45.8. The van der Waals surface area contributed by atoms with Crippen molar-refractivity contribution in [1.29, 1.82) is 0 Å². The van der Waals surface area contributed by atoms with Crippen LogP contribution in [0.4, 0.5) is 0 Å². The molecule has 0 aliphatic carbocycles. The van der Waals surface area contributed by atoms with Gasteiger partial charge in [-0.1, -0.05) is 227 Å². The smallest absolute Gasteiger partial charge is 0.306 e. The van der Waals surface area contributed by atoms with Crippen LogP contribution in [0.1, 0.15) is 271 Å². The number of carbonyl (C=O) groups is 3. The Balaban J connectivity index is 4.46. The van der Waals surface area contributed by atoms with Crippen LogP contribution in [-0.4, -0.2) is 37.2 Å². The first-order valence-electron chi connectivity index (χ1n) is 29.2. The highest BCUT2D eigenvalue weighted by molar-refractivity contribution is 5.71. The highest BCUT2D eigenvalue weighted by atomic mass is 16.6. The van der Waals surface area contributed by atoms with Crippen LogP contribution in [0.2, 0.25) is 0 Å². The maximum absolute atomic E-state index is 12.9. The summed E-state index contributed by atoms with van der Waals surface area (Å²) in [5.41, 5.74) is 0. The fraction of sp³-hybridized carbons (Fsp3) is 0.703. The number of allylic oxidation sites excluding steroid dienone is 16. The van der Waals surface area contributed by atoms with Crippen molar-refractivity contribution in [2.45, 2.75) is 277 Å². The van der Waals surface area contributed by atoms with Crippen LogP contribution in [0, 0.1) is 0 Å². The number of ether oxygens (including phenoxy) is 3.